The number of nitrogens with zero attached hydrogens (tertiary/aromatic N) is 2. The number of hydrogen-bond donors (Lipinski definition) is 0. The van der Waals surface area contributed by atoms with Crippen molar-refractivity contribution in [2.24, 2.45) is 0 Å². The number of ether oxygens (including phenoxy) is 2. The van der Waals surface area contributed by atoms with Gasteiger partial charge in [-0.05, 0) is 48.5 Å². The number of benzene rings is 6. The Morgan fingerprint density at radius 1 is 0.463 bits per heavy atom. The van der Waals surface area contributed by atoms with Gasteiger partial charge in [0.05, 0.1) is 22.7 Å². The van der Waals surface area contributed by atoms with Crippen molar-refractivity contribution >= 4 is 61.1 Å². The molecule has 8 aromatic rings. The van der Waals surface area contributed by atoms with Crippen LogP contribution in [0.15, 0.2) is 158 Å². The number of halogens is 2. The first-order valence-corrected chi connectivity index (χ1v) is 23.7. The molecule has 0 atom stereocenters. The number of para-hydroxylation sites is 8. The molecular formula is C46H38Cl2N2O2SiZr-2. The van der Waals surface area contributed by atoms with Crippen LogP contribution in [-0.4, -0.2) is 5.43 Å². The van der Waals surface area contributed by atoms with Gasteiger partial charge in [0, 0.05) is 11.4 Å². The maximum absolute atomic E-state index is 6.08. The van der Waals surface area contributed by atoms with Crippen molar-refractivity contribution in [1.82, 2.24) is 0 Å². The second kappa shape index (κ2) is 16.8. The van der Waals surface area contributed by atoms with E-state index in [-0.39, 0.29) is 30.2 Å². The molecule has 0 unspecified atom stereocenters. The number of hydrogen-bond acceptors (Lipinski definition) is 4. The smallest absolute Gasteiger partial charge is 0.151 e. The van der Waals surface area contributed by atoms with Gasteiger partial charge in [0.25, 0.3) is 0 Å². The van der Waals surface area contributed by atoms with Crippen LogP contribution in [0.1, 0.15) is 11.1 Å². The zero-order valence-electron chi connectivity index (χ0n) is 30.5. The van der Waals surface area contributed by atoms with E-state index in [0.29, 0.717) is 0 Å². The van der Waals surface area contributed by atoms with Gasteiger partial charge in [-0.1, -0.05) is 74.5 Å². The van der Waals surface area contributed by atoms with Gasteiger partial charge in [0.1, 0.15) is 0 Å². The van der Waals surface area contributed by atoms with Gasteiger partial charge in [-0.25, -0.2) is 0 Å². The van der Waals surface area contributed by atoms with E-state index < -0.39 is 0 Å². The van der Waals surface area contributed by atoms with Crippen LogP contribution in [-0.2, 0) is 23.3 Å². The topological polar surface area (TPSA) is 24.9 Å². The third-order valence-corrected chi connectivity index (χ3v) is 9.05. The third kappa shape index (κ3) is 7.94. The first-order valence-electron chi connectivity index (χ1n) is 17.5. The van der Waals surface area contributed by atoms with Crippen molar-refractivity contribution in [3.63, 3.8) is 0 Å². The van der Waals surface area contributed by atoms with Crippen molar-refractivity contribution in [2.75, 3.05) is 9.80 Å². The van der Waals surface area contributed by atoms with E-state index in [1.54, 1.807) is 23.3 Å². The van der Waals surface area contributed by atoms with E-state index in [1.165, 1.54) is 32.7 Å². The zero-order valence-corrected chi connectivity index (χ0v) is 35.4. The van der Waals surface area contributed by atoms with Crippen LogP contribution in [0, 0.1) is 13.8 Å². The SMILES string of the molecule is C[Si](C)=[Zr+2].Cc1cc2ccc(N3c4ccccc4Oc4ccccc43)cc2[cH-]1.Cc1cc2ccc(N3c4ccccc4Oc4ccccc43)cc2[cH-]1.[Cl-].[Cl-]. The van der Waals surface area contributed by atoms with Crippen LogP contribution in [0.25, 0.3) is 21.5 Å². The molecule has 4 nitrogen and oxygen atoms in total. The Kier molecular flexibility index (Phi) is 12.2. The minimum Gasteiger partial charge on any atom is -1.00 e. The van der Waals surface area contributed by atoms with Crippen LogP contribution in [0.4, 0.5) is 34.1 Å². The standard InChI is InChI=1S/2C22H16NO.C2H6Si.2ClH.Zr/c2*1-15-12-16-10-11-18(14-17(16)13-15)23-19-6-2-4-8-21(19)24-22-9-5-3-7-20(22)23;1-3-2;;;/h2*2-14H,1H3;1-2H3;2*1H;/q2*-1;;;;+2/p-2. The average Bonchev–Trinajstić information content (AvgIpc) is 3.72. The fraction of sp³-hybridized carbons (Fsp3) is 0.0870. The van der Waals surface area contributed by atoms with Gasteiger partial charge in [0.15, 0.2) is 23.0 Å². The van der Waals surface area contributed by atoms with Gasteiger partial charge in [-0.3, -0.25) is 0 Å². The van der Waals surface area contributed by atoms with Gasteiger partial charge >= 0.3 is 41.9 Å². The molecule has 8 heteroatoms. The Labute approximate surface area is 344 Å². The maximum Gasteiger partial charge on any atom is 0.151 e. The van der Waals surface area contributed by atoms with Crippen LogP contribution in [0.2, 0.25) is 13.1 Å². The molecule has 2 aliphatic rings. The molecule has 2 aliphatic heterocycles. The molecule has 0 N–H and O–H groups in total. The molecule has 0 amide bonds. The van der Waals surface area contributed by atoms with Crippen molar-refractivity contribution in [3.8, 4) is 23.0 Å². The molecule has 8 aromatic carbocycles. The van der Waals surface area contributed by atoms with E-state index in [4.69, 9.17) is 9.47 Å². The molecule has 10 rings (SSSR count). The second-order valence-corrected chi connectivity index (χ2v) is 22.8. The Morgan fingerprint density at radius 3 is 1.07 bits per heavy atom. The second-order valence-electron chi connectivity index (χ2n) is 13.4. The molecular weight excluding hydrogens is 803 g/mol. The van der Waals surface area contributed by atoms with Gasteiger partial charge in [-0.15, -0.1) is 69.1 Å². The molecule has 54 heavy (non-hydrogen) atoms. The summed E-state index contributed by atoms with van der Waals surface area (Å²) in [6.07, 6.45) is 0. The molecule has 0 saturated heterocycles. The van der Waals surface area contributed by atoms with E-state index in [1.807, 2.05) is 72.8 Å². The van der Waals surface area contributed by atoms with Gasteiger partial charge in [0.2, 0.25) is 0 Å². The summed E-state index contributed by atoms with van der Waals surface area (Å²) in [6.45, 7) is 8.89. The monoisotopic (exact) mass is 838 g/mol. The summed E-state index contributed by atoms with van der Waals surface area (Å²) < 4.78 is 12.2. The molecule has 0 fully saturated rings. The van der Waals surface area contributed by atoms with Gasteiger partial charge < -0.3 is 44.1 Å². The summed E-state index contributed by atoms with van der Waals surface area (Å²) in [5.74, 6) is 3.54. The van der Waals surface area contributed by atoms with Gasteiger partial charge in [-0.2, -0.15) is 12.1 Å². The molecule has 0 bridgehead atoms. The summed E-state index contributed by atoms with van der Waals surface area (Å²) in [5, 5.41) is 5.11. The minimum absolute atomic E-state index is 0. The molecule has 0 aliphatic carbocycles. The predicted molar refractivity (Wildman–Crippen MR) is 216 cm³/mol. The van der Waals surface area contributed by atoms with Crippen molar-refractivity contribution in [3.05, 3.63) is 169 Å². The summed E-state index contributed by atoms with van der Waals surface area (Å²) in [6, 6.07) is 54.9. The fourth-order valence-corrected chi connectivity index (χ4v) is 6.95. The molecule has 0 radical (unpaired) electrons. The fourth-order valence-electron chi connectivity index (χ4n) is 6.95. The Balaban J connectivity index is 0.000000162. The van der Waals surface area contributed by atoms with E-state index in [0.717, 1.165) is 57.1 Å². The molecule has 0 spiro atoms. The summed E-state index contributed by atoms with van der Waals surface area (Å²) in [7, 11) is 0. The van der Waals surface area contributed by atoms with Crippen LogP contribution in [0.3, 0.4) is 0 Å². The molecule has 0 aromatic heterocycles. The molecule has 0 saturated carbocycles. The van der Waals surface area contributed by atoms with Crippen LogP contribution >= 0.6 is 0 Å². The number of fused-ring (bicyclic) bond motifs is 6. The predicted octanol–water partition coefficient (Wildman–Crippen LogP) is 7.68. The largest absolute Gasteiger partial charge is 1.00 e. The summed E-state index contributed by atoms with van der Waals surface area (Å²) >= 11 is 1.74. The Bertz CT molecular complexity index is 2330. The van der Waals surface area contributed by atoms with Crippen molar-refractivity contribution in [1.29, 1.82) is 0 Å². The first-order chi connectivity index (χ1) is 25.3. The number of rotatable bonds is 2. The molecule has 2 heterocycles. The van der Waals surface area contributed by atoms with Crippen LogP contribution < -0.4 is 44.1 Å². The average molecular weight is 841 g/mol. The van der Waals surface area contributed by atoms with E-state index >= 15 is 0 Å². The van der Waals surface area contributed by atoms with Crippen molar-refractivity contribution in [2.45, 2.75) is 26.9 Å². The van der Waals surface area contributed by atoms with Crippen molar-refractivity contribution < 1.29 is 57.6 Å². The normalized spacial score (nSPS) is 11.7. The molecule has 268 valence electrons. The third-order valence-electron chi connectivity index (χ3n) is 9.05. The Morgan fingerprint density at radius 2 is 0.759 bits per heavy atom. The summed E-state index contributed by atoms with van der Waals surface area (Å²) in [5.41, 5.74) is 9.37. The Hall–Kier alpha value is -4.58. The summed E-state index contributed by atoms with van der Waals surface area (Å²) in [4.78, 5) is 4.55. The zero-order chi connectivity index (χ0) is 35.8. The first kappa shape index (κ1) is 39.1. The number of aryl methyl sites for hydroxylation is 2. The van der Waals surface area contributed by atoms with E-state index in [2.05, 4.69) is 122 Å². The van der Waals surface area contributed by atoms with E-state index in [9.17, 15) is 0 Å². The quantitative estimate of drug-likeness (QED) is 0.132. The van der Waals surface area contributed by atoms with Crippen LogP contribution in [0.5, 0.6) is 23.0 Å². The maximum atomic E-state index is 6.08. The number of anilines is 6. The minimum atomic E-state index is 0.